The number of aromatic nitrogens is 2. The van der Waals surface area contributed by atoms with Gasteiger partial charge in [-0.15, -0.1) is 0 Å². The third-order valence-electron chi connectivity index (χ3n) is 3.57. The molecule has 0 radical (unpaired) electrons. The van der Waals surface area contributed by atoms with E-state index in [0.29, 0.717) is 18.9 Å². The van der Waals surface area contributed by atoms with Crippen molar-refractivity contribution in [2.24, 2.45) is 0 Å². The third-order valence-corrected chi connectivity index (χ3v) is 4.12. The number of carbonyl (C=O) groups excluding carboxylic acids is 2. The Bertz CT molecular complexity index is 550. The summed E-state index contributed by atoms with van der Waals surface area (Å²) in [7, 11) is 0. The van der Waals surface area contributed by atoms with E-state index < -0.39 is 0 Å². The maximum absolute atomic E-state index is 11.8. The number of aryl methyl sites for hydroxylation is 2. The molecule has 7 heteroatoms. The van der Waals surface area contributed by atoms with Crippen molar-refractivity contribution in [1.82, 2.24) is 20.6 Å². The van der Waals surface area contributed by atoms with Crippen LogP contribution in [0.15, 0.2) is 5.16 Å². The molecule has 0 atom stereocenters. The molecule has 0 bridgehead atoms. The number of rotatable bonds is 7. The fraction of sp³-hybridized carbons (Fsp3) is 0.600. The summed E-state index contributed by atoms with van der Waals surface area (Å²) < 4.78 is 0. The molecule has 0 saturated heterocycles. The first-order valence-corrected chi connectivity index (χ1v) is 8.66. The highest BCUT2D eigenvalue weighted by Gasteiger charge is 2.23. The van der Waals surface area contributed by atoms with Gasteiger partial charge in [0.1, 0.15) is 0 Å². The molecule has 0 aliphatic heterocycles. The number of hydrogen-bond donors (Lipinski definition) is 2. The topological polar surface area (TPSA) is 84.0 Å². The number of amides is 2. The van der Waals surface area contributed by atoms with Crippen molar-refractivity contribution in [3.63, 3.8) is 0 Å². The summed E-state index contributed by atoms with van der Waals surface area (Å²) >= 11 is 1.51. The van der Waals surface area contributed by atoms with E-state index in [1.165, 1.54) is 11.8 Å². The average molecular weight is 322 g/mol. The van der Waals surface area contributed by atoms with Crippen molar-refractivity contribution >= 4 is 23.6 Å². The maximum atomic E-state index is 11.8. The minimum absolute atomic E-state index is 0.0508. The van der Waals surface area contributed by atoms with E-state index in [1.807, 2.05) is 20.1 Å². The van der Waals surface area contributed by atoms with Gasteiger partial charge in [-0.25, -0.2) is 9.97 Å². The molecule has 120 valence electrons. The van der Waals surface area contributed by atoms with Crippen LogP contribution in [-0.4, -0.2) is 40.6 Å². The Morgan fingerprint density at radius 1 is 1.18 bits per heavy atom. The lowest BCUT2D eigenvalue weighted by Gasteiger charge is -2.10. The largest absolute Gasteiger partial charge is 0.352 e. The fourth-order valence-corrected chi connectivity index (χ4v) is 2.63. The highest BCUT2D eigenvalue weighted by atomic mass is 32.2. The zero-order valence-electron chi connectivity index (χ0n) is 13.2. The summed E-state index contributed by atoms with van der Waals surface area (Å²) in [5.74, 6) is -0.241. The number of hydrogen-bond acceptors (Lipinski definition) is 5. The molecular weight excluding hydrogens is 300 g/mol. The second-order valence-electron chi connectivity index (χ2n) is 5.48. The Morgan fingerprint density at radius 2 is 1.82 bits per heavy atom. The number of carbonyl (C=O) groups is 2. The van der Waals surface area contributed by atoms with E-state index in [9.17, 15) is 9.59 Å². The summed E-state index contributed by atoms with van der Waals surface area (Å²) in [6.07, 6.45) is 4.95. The third kappa shape index (κ3) is 4.98. The maximum Gasteiger partial charge on any atom is 0.239 e. The molecule has 2 amide bonds. The Labute approximate surface area is 134 Å². The molecule has 22 heavy (non-hydrogen) atoms. The molecule has 1 aromatic heterocycles. The quantitative estimate of drug-likeness (QED) is 0.581. The van der Waals surface area contributed by atoms with Gasteiger partial charge in [-0.2, -0.15) is 0 Å². The lowest BCUT2D eigenvalue weighted by Crippen LogP contribution is -2.37. The van der Waals surface area contributed by atoms with Gasteiger partial charge in [0.15, 0.2) is 5.16 Å². The van der Waals surface area contributed by atoms with Crippen LogP contribution in [0, 0.1) is 13.8 Å². The van der Waals surface area contributed by atoms with Crippen molar-refractivity contribution < 1.29 is 9.59 Å². The first-order chi connectivity index (χ1) is 10.5. The molecule has 6 nitrogen and oxygen atoms in total. The van der Waals surface area contributed by atoms with Crippen LogP contribution in [0.5, 0.6) is 0 Å². The molecule has 2 rings (SSSR count). The van der Waals surface area contributed by atoms with Crippen LogP contribution in [0.2, 0.25) is 0 Å². The monoisotopic (exact) mass is 322 g/mol. The second-order valence-corrected chi connectivity index (χ2v) is 6.25. The van der Waals surface area contributed by atoms with E-state index in [0.717, 1.165) is 34.9 Å². The van der Waals surface area contributed by atoms with Gasteiger partial charge in [0.05, 0.1) is 6.54 Å². The summed E-state index contributed by atoms with van der Waals surface area (Å²) in [6.45, 7) is 3.92. The van der Waals surface area contributed by atoms with E-state index in [-0.39, 0.29) is 18.4 Å². The molecule has 0 aromatic carbocycles. The van der Waals surface area contributed by atoms with Crippen molar-refractivity contribution in [3.05, 3.63) is 17.0 Å². The smallest absolute Gasteiger partial charge is 0.239 e. The van der Waals surface area contributed by atoms with Crippen LogP contribution < -0.4 is 10.6 Å². The number of thioether (sulfide) groups is 1. The van der Waals surface area contributed by atoms with E-state index >= 15 is 0 Å². The molecular formula is C15H22N4O2S. The minimum Gasteiger partial charge on any atom is -0.352 e. The predicted octanol–water partition coefficient (Wildman–Crippen LogP) is 1.14. The number of nitrogens with one attached hydrogen (secondary N) is 2. The van der Waals surface area contributed by atoms with Crippen LogP contribution >= 0.6 is 11.8 Å². The van der Waals surface area contributed by atoms with Crippen molar-refractivity contribution in [2.45, 2.75) is 50.7 Å². The highest BCUT2D eigenvalue weighted by molar-refractivity contribution is 7.98. The summed E-state index contributed by atoms with van der Waals surface area (Å²) in [6, 6.07) is 0.321. The van der Waals surface area contributed by atoms with Crippen LogP contribution in [0.4, 0.5) is 0 Å². The van der Waals surface area contributed by atoms with Gasteiger partial charge in [-0.1, -0.05) is 11.8 Å². The first kappa shape index (κ1) is 16.7. The Morgan fingerprint density at radius 3 is 2.36 bits per heavy atom. The molecule has 1 aliphatic rings. The molecule has 1 fully saturated rings. The van der Waals surface area contributed by atoms with E-state index in [4.69, 9.17) is 0 Å². The first-order valence-electron chi connectivity index (χ1n) is 7.43. The molecule has 0 spiro atoms. The summed E-state index contributed by atoms with van der Waals surface area (Å²) in [5.41, 5.74) is 2.84. The van der Waals surface area contributed by atoms with Gasteiger partial charge in [0.25, 0.3) is 0 Å². The van der Waals surface area contributed by atoms with Crippen LogP contribution in [0.25, 0.3) is 0 Å². The van der Waals surface area contributed by atoms with Gasteiger partial charge < -0.3 is 10.6 Å². The lowest BCUT2D eigenvalue weighted by molar-refractivity contribution is -0.126. The van der Waals surface area contributed by atoms with E-state index in [2.05, 4.69) is 20.6 Å². The van der Waals surface area contributed by atoms with Crippen LogP contribution in [-0.2, 0) is 16.0 Å². The molecule has 0 unspecified atom stereocenters. The Balaban J connectivity index is 1.79. The Hall–Kier alpha value is -1.63. The average Bonchev–Trinajstić information content (AvgIpc) is 3.27. The number of nitrogens with zero attached hydrogens (tertiary/aromatic N) is 2. The van der Waals surface area contributed by atoms with Gasteiger partial charge >= 0.3 is 0 Å². The lowest BCUT2D eigenvalue weighted by atomic mass is 10.1. The molecule has 1 aromatic rings. The van der Waals surface area contributed by atoms with Gasteiger partial charge in [-0.3, -0.25) is 9.59 Å². The second kappa shape index (κ2) is 7.58. The van der Waals surface area contributed by atoms with Crippen molar-refractivity contribution in [2.75, 3.05) is 12.8 Å². The SMILES string of the molecule is CSc1nc(C)c(CCC(=O)NCC(=O)NC2CC2)c(C)n1. The van der Waals surface area contributed by atoms with Crippen molar-refractivity contribution in [1.29, 1.82) is 0 Å². The summed E-state index contributed by atoms with van der Waals surface area (Å²) in [4.78, 5) is 32.1. The molecule has 1 heterocycles. The standard InChI is InChI=1S/C15H22N4O2S/c1-9-12(10(2)18-15(17-9)22-3)6-7-13(20)16-8-14(21)19-11-4-5-11/h11H,4-8H2,1-3H3,(H,16,20)(H,19,21). The fourth-order valence-electron chi connectivity index (χ4n) is 2.17. The minimum atomic E-state index is -0.126. The van der Waals surface area contributed by atoms with Crippen molar-refractivity contribution in [3.8, 4) is 0 Å². The zero-order chi connectivity index (χ0) is 16.1. The van der Waals surface area contributed by atoms with Gasteiger partial charge in [0.2, 0.25) is 11.8 Å². The predicted molar refractivity (Wildman–Crippen MR) is 85.8 cm³/mol. The highest BCUT2D eigenvalue weighted by Crippen LogP contribution is 2.18. The molecule has 2 N–H and O–H groups in total. The molecule has 1 aliphatic carbocycles. The normalized spacial score (nSPS) is 13.8. The zero-order valence-corrected chi connectivity index (χ0v) is 14.0. The van der Waals surface area contributed by atoms with Gasteiger partial charge in [0, 0.05) is 23.9 Å². The Kier molecular flexibility index (Phi) is 5.76. The molecule has 1 saturated carbocycles. The van der Waals surface area contributed by atoms with Crippen LogP contribution in [0.1, 0.15) is 36.2 Å². The summed E-state index contributed by atoms with van der Waals surface area (Å²) in [5, 5.41) is 6.24. The van der Waals surface area contributed by atoms with Crippen LogP contribution in [0.3, 0.4) is 0 Å². The van der Waals surface area contributed by atoms with Gasteiger partial charge in [-0.05, 0) is 44.9 Å². The van der Waals surface area contributed by atoms with E-state index in [1.54, 1.807) is 0 Å².